The molecule has 3 nitrogen and oxygen atoms in total. The van der Waals surface area contributed by atoms with E-state index in [1.165, 1.54) is 10.9 Å². The van der Waals surface area contributed by atoms with E-state index >= 15 is 0 Å². The molecule has 3 heteroatoms. The summed E-state index contributed by atoms with van der Waals surface area (Å²) in [6.07, 6.45) is 1.01. The Hall–Kier alpha value is -1.32. The molecule has 0 aliphatic carbocycles. The number of hydrogen-bond acceptors (Lipinski definition) is 3. The Morgan fingerprint density at radius 2 is 2.10 bits per heavy atom. The number of fused-ring (bicyclic) bond motifs is 1. The van der Waals surface area contributed by atoms with Gasteiger partial charge >= 0.3 is 0 Å². The number of aryl methyl sites for hydroxylation is 1. The van der Waals surface area contributed by atoms with Crippen LogP contribution in [0, 0.1) is 5.92 Å². The van der Waals surface area contributed by atoms with Crippen molar-refractivity contribution in [3.8, 4) is 0 Å². The minimum absolute atomic E-state index is 0.284. The number of para-hydroxylation sites is 1. The Kier molecular flexibility index (Phi) is 3.57. The standard InChI is InChI=1S/C17H24N2O/c1-4-13-14-7-5-6-8-16(14)20-17(13)12(3)19-9-11(2)15(18)10-19/h5-8,11-12,15H,4,9-10,18H2,1-3H3. The Bertz CT molecular complexity index is 594. The molecule has 108 valence electrons. The number of furan rings is 1. The van der Waals surface area contributed by atoms with E-state index in [1.807, 2.05) is 6.07 Å². The van der Waals surface area contributed by atoms with Gasteiger partial charge in [-0.05, 0) is 25.3 Å². The fourth-order valence-corrected chi connectivity index (χ4v) is 3.33. The van der Waals surface area contributed by atoms with E-state index in [9.17, 15) is 0 Å². The van der Waals surface area contributed by atoms with Gasteiger partial charge in [-0.2, -0.15) is 0 Å². The molecular formula is C17H24N2O. The second kappa shape index (κ2) is 5.23. The van der Waals surface area contributed by atoms with Gasteiger partial charge < -0.3 is 10.2 Å². The van der Waals surface area contributed by atoms with Crippen LogP contribution in [0.15, 0.2) is 28.7 Å². The van der Waals surface area contributed by atoms with Gasteiger partial charge in [-0.25, -0.2) is 0 Å². The van der Waals surface area contributed by atoms with Crippen molar-refractivity contribution in [2.45, 2.75) is 39.3 Å². The number of hydrogen-bond donors (Lipinski definition) is 1. The molecule has 0 spiro atoms. The molecule has 3 unspecified atom stereocenters. The first-order chi connectivity index (χ1) is 9.61. The van der Waals surface area contributed by atoms with Crippen LogP contribution in [0.25, 0.3) is 11.0 Å². The number of benzene rings is 1. The van der Waals surface area contributed by atoms with Crippen LogP contribution in [0.5, 0.6) is 0 Å². The molecule has 3 rings (SSSR count). The largest absolute Gasteiger partial charge is 0.459 e. The smallest absolute Gasteiger partial charge is 0.134 e. The van der Waals surface area contributed by atoms with E-state index in [0.29, 0.717) is 12.0 Å². The number of nitrogens with zero attached hydrogens (tertiary/aromatic N) is 1. The van der Waals surface area contributed by atoms with Gasteiger partial charge in [0.2, 0.25) is 0 Å². The van der Waals surface area contributed by atoms with Gasteiger partial charge in [-0.15, -0.1) is 0 Å². The fourth-order valence-electron chi connectivity index (χ4n) is 3.33. The zero-order chi connectivity index (χ0) is 14.3. The summed E-state index contributed by atoms with van der Waals surface area (Å²) in [6.45, 7) is 8.69. The van der Waals surface area contributed by atoms with Crippen LogP contribution in [0.1, 0.15) is 38.1 Å². The maximum atomic E-state index is 6.16. The van der Waals surface area contributed by atoms with Crippen molar-refractivity contribution >= 4 is 11.0 Å². The van der Waals surface area contributed by atoms with Crippen molar-refractivity contribution in [2.75, 3.05) is 13.1 Å². The van der Waals surface area contributed by atoms with E-state index in [4.69, 9.17) is 10.2 Å². The normalized spacial score (nSPS) is 25.4. The number of nitrogens with two attached hydrogens (primary N) is 1. The first-order valence-corrected chi connectivity index (χ1v) is 7.61. The van der Waals surface area contributed by atoms with Gasteiger partial charge in [-0.3, -0.25) is 4.90 Å². The maximum absolute atomic E-state index is 6.16. The summed E-state index contributed by atoms with van der Waals surface area (Å²) in [6, 6.07) is 8.92. The van der Waals surface area contributed by atoms with Gasteiger partial charge in [-0.1, -0.05) is 32.0 Å². The molecule has 2 N–H and O–H groups in total. The molecule has 2 aromatic rings. The van der Waals surface area contributed by atoms with E-state index < -0.39 is 0 Å². The molecule has 3 atom stereocenters. The van der Waals surface area contributed by atoms with E-state index in [1.54, 1.807) is 0 Å². The lowest BCUT2D eigenvalue weighted by Crippen LogP contribution is -2.30. The number of rotatable bonds is 3. The lowest BCUT2D eigenvalue weighted by molar-refractivity contribution is 0.225. The first-order valence-electron chi connectivity index (χ1n) is 7.61. The zero-order valence-corrected chi connectivity index (χ0v) is 12.6. The van der Waals surface area contributed by atoms with Crippen LogP contribution in [-0.4, -0.2) is 24.0 Å². The minimum atomic E-state index is 0.284. The summed E-state index contributed by atoms with van der Waals surface area (Å²) in [7, 11) is 0. The second-order valence-electron chi connectivity index (χ2n) is 6.07. The predicted molar refractivity (Wildman–Crippen MR) is 82.7 cm³/mol. The van der Waals surface area contributed by atoms with Crippen molar-refractivity contribution in [3.05, 3.63) is 35.6 Å². The van der Waals surface area contributed by atoms with E-state index in [-0.39, 0.29) is 6.04 Å². The molecule has 0 bridgehead atoms. The van der Waals surface area contributed by atoms with Crippen molar-refractivity contribution in [1.82, 2.24) is 4.90 Å². The van der Waals surface area contributed by atoms with Gasteiger partial charge in [0.05, 0.1) is 6.04 Å². The van der Waals surface area contributed by atoms with Crippen LogP contribution in [0.2, 0.25) is 0 Å². The monoisotopic (exact) mass is 272 g/mol. The summed E-state index contributed by atoms with van der Waals surface area (Å²) in [4.78, 5) is 2.45. The first kappa shape index (κ1) is 13.7. The molecule has 0 amide bonds. The maximum Gasteiger partial charge on any atom is 0.134 e. The SMILES string of the molecule is CCc1c(C(C)N2CC(C)C(N)C2)oc2ccccc12. The number of likely N-dealkylation sites (tertiary alicyclic amines) is 1. The topological polar surface area (TPSA) is 42.4 Å². The molecule has 2 heterocycles. The average molecular weight is 272 g/mol. The quantitative estimate of drug-likeness (QED) is 0.932. The molecule has 1 aliphatic rings. The third-order valence-electron chi connectivity index (χ3n) is 4.71. The van der Waals surface area contributed by atoms with Crippen molar-refractivity contribution in [3.63, 3.8) is 0 Å². The average Bonchev–Trinajstić information content (AvgIpc) is 2.99. The molecule has 1 saturated heterocycles. The van der Waals surface area contributed by atoms with E-state index in [0.717, 1.165) is 30.9 Å². The molecule has 0 saturated carbocycles. The molecule has 1 fully saturated rings. The molecule has 1 aliphatic heterocycles. The summed E-state index contributed by atoms with van der Waals surface area (Å²) in [5.74, 6) is 1.68. The van der Waals surface area contributed by atoms with Crippen molar-refractivity contribution < 1.29 is 4.42 Å². The fraction of sp³-hybridized carbons (Fsp3) is 0.529. The highest BCUT2D eigenvalue weighted by Gasteiger charge is 2.32. The Labute approximate surface area is 120 Å². The Morgan fingerprint density at radius 3 is 2.75 bits per heavy atom. The summed E-state index contributed by atoms with van der Waals surface area (Å²) >= 11 is 0. The summed E-state index contributed by atoms with van der Waals surface area (Å²) < 4.78 is 6.15. The van der Waals surface area contributed by atoms with Crippen LogP contribution in [-0.2, 0) is 6.42 Å². The third kappa shape index (κ3) is 2.15. The van der Waals surface area contributed by atoms with Gasteiger partial charge in [0.1, 0.15) is 11.3 Å². The molecule has 20 heavy (non-hydrogen) atoms. The van der Waals surface area contributed by atoms with Crippen LogP contribution in [0.3, 0.4) is 0 Å². The molecule has 1 aromatic carbocycles. The molecule has 1 aromatic heterocycles. The van der Waals surface area contributed by atoms with Crippen molar-refractivity contribution in [1.29, 1.82) is 0 Å². The Morgan fingerprint density at radius 1 is 1.35 bits per heavy atom. The van der Waals surface area contributed by atoms with E-state index in [2.05, 4.69) is 43.9 Å². The summed E-state index contributed by atoms with van der Waals surface area (Å²) in [5, 5.41) is 1.26. The minimum Gasteiger partial charge on any atom is -0.459 e. The highest BCUT2D eigenvalue weighted by atomic mass is 16.3. The summed E-state index contributed by atoms with van der Waals surface area (Å²) in [5.41, 5.74) is 8.51. The van der Waals surface area contributed by atoms with Gasteiger partial charge in [0.25, 0.3) is 0 Å². The zero-order valence-electron chi connectivity index (χ0n) is 12.6. The Balaban J connectivity index is 1.97. The lowest BCUT2D eigenvalue weighted by atomic mass is 10.0. The van der Waals surface area contributed by atoms with Crippen LogP contribution >= 0.6 is 0 Å². The third-order valence-corrected chi connectivity index (χ3v) is 4.71. The van der Waals surface area contributed by atoms with Crippen LogP contribution < -0.4 is 5.73 Å². The van der Waals surface area contributed by atoms with Crippen LogP contribution in [0.4, 0.5) is 0 Å². The predicted octanol–water partition coefficient (Wildman–Crippen LogP) is 3.34. The van der Waals surface area contributed by atoms with Gasteiger partial charge in [0, 0.05) is 30.1 Å². The molecular weight excluding hydrogens is 248 g/mol. The van der Waals surface area contributed by atoms with Crippen molar-refractivity contribution in [2.24, 2.45) is 11.7 Å². The molecule has 0 radical (unpaired) electrons. The second-order valence-corrected chi connectivity index (χ2v) is 6.07. The van der Waals surface area contributed by atoms with Gasteiger partial charge in [0.15, 0.2) is 0 Å². The highest BCUT2D eigenvalue weighted by Crippen LogP contribution is 2.35. The lowest BCUT2D eigenvalue weighted by Gasteiger charge is -2.23. The highest BCUT2D eigenvalue weighted by molar-refractivity contribution is 5.82.